The molecule has 0 atom stereocenters. The van der Waals surface area contributed by atoms with Gasteiger partial charge in [-0.05, 0) is 105 Å². The van der Waals surface area contributed by atoms with Crippen LogP contribution in [0.4, 0.5) is 4.79 Å². The number of tetrazole rings is 1. The monoisotopic (exact) mass is 891 g/mol. The first kappa shape index (κ1) is 40.4. The molecule has 3 N–H and O–H groups in total. The molecule has 0 aliphatic heterocycles. The second kappa shape index (κ2) is 18.0. The predicted molar refractivity (Wildman–Crippen MR) is 206 cm³/mol. The van der Waals surface area contributed by atoms with Crippen molar-refractivity contribution >= 4 is 48.7 Å². The zero-order chi connectivity index (χ0) is 38.9. The molecular weight excluding hydrogens is 853 g/mol. The number of aromatic nitrogens is 4. The van der Waals surface area contributed by atoms with E-state index in [0.717, 1.165) is 5.56 Å². The number of hydrogen-bond acceptors (Lipinski definition) is 11. The third-order valence-electron chi connectivity index (χ3n) is 8.16. The van der Waals surface area contributed by atoms with E-state index in [0.29, 0.717) is 31.9 Å². The lowest BCUT2D eigenvalue weighted by molar-refractivity contribution is 0.194. The molecule has 1 amide bonds. The number of methoxy groups -OCH3 is 3. The van der Waals surface area contributed by atoms with E-state index >= 15 is 8.42 Å². The second-order valence-electron chi connectivity index (χ2n) is 11.7. The average Bonchev–Trinajstić information content (AvgIpc) is 3.62. The van der Waals surface area contributed by atoms with Crippen molar-refractivity contribution < 1.29 is 40.9 Å². The van der Waals surface area contributed by atoms with Crippen molar-refractivity contribution in [2.75, 3.05) is 34.4 Å². The Morgan fingerprint density at radius 3 is 1.80 bits per heavy atom. The molecule has 5 rings (SSSR count). The lowest BCUT2D eigenvalue weighted by Crippen LogP contribution is -2.34. The Bertz CT molecular complexity index is 2220. The molecule has 1 heterocycles. The number of rotatable bonds is 18. The Morgan fingerprint density at radius 1 is 0.778 bits per heavy atom. The molecule has 0 spiro atoms. The van der Waals surface area contributed by atoms with Crippen LogP contribution in [0.5, 0.6) is 17.2 Å². The zero-order valence-electron chi connectivity index (χ0n) is 29.5. The number of carbonyl (C=O) groups is 1. The molecule has 0 fully saturated rings. The van der Waals surface area contributed by atoms with Crippen LogP contribution in [-0.2, 0) is 39.7 Å². The van der Waals surface area contributed by atoms with Crippen molar-refractivity contribution in [2.24, 2.45) is 0 Å². The van der Waals surface area contributed by atoms with E-state index in [9.17, 15) is 13.2 Å². The maximum atomic E-state index is 15.3. The number of sulfonamides is 2. The van der Waals surface area contributed by atoms with Crippen LogP contribution in [0.25, 0.3) is 11.4 Å². The average molecular weight is 892 g/mol. The van der Waals surface area contributed by atoms with Crippen molar-refractivity contribution in [3.8, 4) is 28.6 Å². The number of halogens is 1. The molecule has 1 aromatic heterocycles. The maximum absolute atomic E-state index is 15.3. The SMILES string of the molecule is COc1ccc(CN(Cc2ccc(OC)cc2)S(=O)(=O)c2c(S(=O)(=O)NCCCNC(=O)O)ccc(I)c2-c2nnnn2Cc2ccc(OC)cc2)cc1. The number of benzene rings is 4. The van der Waals surface area contributed by atoms with Crippen molar-refractivity contribution in [1.29, 1.82) is 0 Å². The standard InChI is InChI=1S/C35H38IN7O9S2/c1-50-27-11-5-24(6-12-27)21-42(22-25-7-13-28(51-2)14-8-25)54(48,49)33-31(53(46,47)38-20-4-19-37-35(44)45)18-17-30(36)32(33)34-39-40-41-43(34)23-26-9-15-29(52-3)16-10-26/h5-18,37-38H,4,19-23H2,1-3H3,(H,44,45). The van der Waals surface area contributed by atoms with E-state index in [1.807, 2.05) is 34.7 Å². The summed E-state index contributed by atoms with van der Waals surface area (Å²) in [6.07, 6.45) is -1.15. The molecule has 0 saturated heterocycles. The molecule has 0 saturated carbocycles. The minimum atomic E-state index is -4.74. The largest absolute Gasteiger partial charge is 0.497 e. The molecule has 0 aliphatic carbocycles. The molecule has 19 heteroatoms. The van der Waals surface area contributed by atoms with E-state index in [1.54, 1.807) is 67.8 Å². The van der Waals surface area contributed by atoms with Gasteiger partial charge in [0.2, 0.25) is 20.0 Å². The Morgan fingerprint density at radius 2 is 1.30 bits per heavy atom. The van der Waals surface area contributed by atoms with Crippen LogP contribution >= 0.6 is 22.6 Å². The van der Waals surface area contributed by atoms with Gasteiger partial charge in [0.05, 0.1) is 33.4 Å². The summed E-state index contributed by atoms with van der Waals surface area (Å²) in [7, 11) is -4.68. The zero-order valence-corrected chi connectivity index (χ0v) is 33.3. The maximum Gasteiger partial charge on any atom is 0.404 e. The highest BCUT2D eigenvalue weighted by atomic mass is 127. The van der Waals surface area contributed by atoms with Gasteiger partial charge in [-0.1, -0.05) is 36.4 Å². The molecule has 286 valence electrons. The third kappa shape index (κ3) is 9.82. The van der Waals surface area contributed by atoms with Gasteiger partial charge in [-0.3, -0.25) is 0 Å². The minimum absolute atomic E-state index is 0.0148. The summed E-state index contributed by atoms with van der Waals surface area (Å²) in [6.45, 7) is -0.380. The molecular formula is C35H38IN7O9S2. The van der Waals surface area contributed by atoms with Crippen molar-refractivity contribution in [3.63, 3.8) is 0 Å². The van der Waals surface area contributed by atoms with Crippen LogP contribution in [0, 0.1) is 3.57 Å². The van der Waals surface area contributed by atoms with Gasteiger partial charge in [-0.25, -0.2) is 31.0 Å². The van der Waals surface area contributed by atoms with E-state index in [2.05, 4.69) is 25.6 Å². The number of carboxylic acid groups (broad SMARTS) is 1. The summed E-state index contributed by atoms with van der Waals surface area (Å²) >= 11 is 1.95. The van der Waals surface area contributed by atoms with E-state index < -0.39 is 35.9 Å². The second-order valence-corrected chi connectivity index (χ2v) is 16.5. The highest BCUT2D eigenvalue weighted by molar-refractivity contribution is 14.1. The van der Waals surface area contributed by atoms with Gasteiger partial charge in [0, 0.05) is 29.7 Å². The fourth-order valence-corrected chi connectivity index (χ4v) is 9.76. The summed E-state index contributed by atoms with van der Waals surface area (Å²) in [4.78, 5) is 9.86. The van der Waals surface area contributed by atoms with Gasteiger partial charge in [0.25, 0.3) is 0 Å². The first-order chi connectivity index (χ1) is 25.9. The van der Waals surface area contributed by atoms with E-state index in [4.69, 9.17) is 19.3 Å². The summed E-state index contributed by atoms with van der Waals surface area (Å²) in [6, 6.07) is 23.6. The molecule has 16 nitrogen and oxygen atoms in total. The van der Waals surface area contributed by atoms with Crippen LogP contribution in [0.2, 0.25) is 0 Å². The first-order valence-corrected chi connectivity index (χ1v) is 20.3. The molecule has 5 aromatic rings. The summed E-state index contributed by atoms with van der Waals surface area (Å²) in [5.74, 6) is 1.80. The first-order valence-electron chi connectivity index (χ1n) is 16.3. The molecule has 0 aliphatic rings. The number of ether oxygens (including phenoxy) is 3. The number of hydrogen-bond donors (Lipinski definition) is 3. The summed E-state index contributed by atoms with van der Waals surface area (Å²) < 4.78 is 80.2. The normalized spacial score (nSPS) is 11.7. The fraction of sp³-hybridized carbons (Fsp3) is 0.257. The Labute approximate surface area is 326 Å². The molecule has 54 heavy (non-hydrogen) atoms. The van der Waals surface area contributed by atoms with Crippen LogP contribution < -0.4 is 24.2 Å². The molecule has 0 unspecified atom stereocenters. The number of nitrogens with zero attached hydrogens (tertiary/aromatic N) is 5. The fourth-order valence-electron chi connectivity index (χ4n) is 5.40. The highest BCUT2D eigenvalue weighted by Gasteiger charge is 2.37. The third-order valence-corrected chi connectivity index (χ3v) is 12.6. The Balaban J connectivity index is 1.68. The Kier molecular flexibility index (Phi) is 13.5. The van der Waals surface area contributed by atoms with Crippen LogP contribution in [0.3, 0.4) is 0 Å². The lowest BCUT2D eigenvalue weighted by Gasteiger charge is -2.26. The minimum Gasteiger partial charge on any atom is -0.497 e. The molecule has 4 aromatic carbocycles. The van der Waals surface area contributed by atoms with Gasteiger partial charge in [-0.15, -0.1) is 5.10 Å². The van der Waals surface area contributed by atoms with Gasteiger partial charge in [0.15, 0.2) is 5.82 Å². The van der Waals surface area contributed by atoms with Gasteiger partial charge >= 0.3 is 6.09 Å². The predicted octanol–water partition coefficient (Wildman–Crippen LogP) is 4.35. The van der Waals surface area contributed by atoms with Crippen LogP contribution in [0.15, 0.2) is 94.7 Å². The van der Waals surface area contributed by atoms with Crippen LogP contribution in [0.1, 0.15) is 23.1 Å². The Hall–Kier alpha value is -4.83. The summed E-state index contributed by atoms with van der Waals surface area (Å²) in [5.41, 5.74) is 1.97. The van der Waals surface area contributed by atoms with Crippen molar-refractivity contribution in [1.82, 2.24) is 34.6 Å². The van der Waals surface area contributed by atoms with E-state index in [1.165, 1.54) is 35.3 Å². The van der Waals surface area contributed by atoms with Gasteiger partial charge in [-0.2, -0.15) is 4.31 Å². The number of amides is 1. The quantitative estimate of drug-likeness (QED) is 0.0831. The van der Waals surface area contributed by atoms with Gasteiger partial charge < -0.3 is 24.6 Å². The van der Waals surface area contributed by atoms with Gasteiger partial charge in [0.1, 0.15) is 27.0 Å². The van der Waals surface area contributed by atoms with Crippen molar-refractivity contribution in [3.05, 3.63) is 105 Å². The van der Waals surface area contributed by atoms with Crippen molar-refractivity contribution in [2.45, 2.75) is 35.8 Å². The summed E-state index contributed by atoms with van der Waals surface area (Å²) in [5, 5.41) is 23.3. The molecule has 0 bridgehead atoms. The molecule has 0 radical (unpaired) electrons. The lowest BCUT2D eigenvalue weighted by atomic mass is 10.2. The smallest absolute Gasteiger partial charge is 0.404 e. The topological polar surface area (TPSA) is 204 Å². The number of nitrogens with one attached hydrogen (secondary N) is 2. The highest BCUT2D eigenvalue weighted by Crippen LogP contribution is 2.38. The van der Waals surface area contributed by atoms with E-state index in [-0.39, 0.29) is 50.5 Å². The van der Waals surface area contributed by atoms with Crippen LogP contribution in [-0.4, -0.2) is 87.0 Å².